The number of nitrogens with zero attached hydrogens (tertiary/aromatic N) is 2. The SMILES string of the molecule is COc1ccc(Cc2cnc3[nH]ncc3c2)cc1. The molecule has 1 N–H and O–H groups in total. The van der Waals surface area contributed by atoms with Crippen molar-refractivity contribution in [1.29, 1.82) is 0 Å². The summed E-state index contributed by atoms with van der Waals surface area (Å²) < 4.78 is 5.14. The van der Waals surface area contributed by atoms with Gasteiger partial charge in [-0.2, -0.15) is 5.10 Å². The maximum absolute atomic E-state index is 5.14. The lowest BCUT2D eigenvalue weighted by atomic mass is 10.1. The molecule has 0 saturated carbocycles. The molecule has 4 nitrogen and oxygen atoms in total. The molecule has 18 heavy (non-hydrogen) atoms. The highest BCUT2D eigenvalue weighted by Crippen LogP contribution is 2.16. The van der Waals surface area contributed by atoms with Crippen molar-refractivity contribution >= 4 is 11.0 Å². The molecule has 0 fully saturated rings. The third-order valence-electron chi connectivity index (χ3n) is 2.92. The number of benzene rings is 1. The first-order valence-corrected chi connectivity index (χ1v) is 5.76. The largest absolute Gasteiger partial charge is 0.497 e. The van der Waals surface area contributed by atoms with Gasteiger partial charge >= 0.3 is 0 Å². The van der Waals surface area contributed by atoms with E-state index >= 15 is 0 Å². The van der Waals surface area contributed by atoms with Gasteiger partial charge in [-0.05, 0) is 35.7 Å². The predicted molar refractivity (Wildman–Crippen MR) is 69.7 cm³/mol. The van der Waals surface area contributed by atoms with E-state index in [1.165, 1.54) is 11.1 Å². The van der Waals surface area contributed by atoms with Crippen molar-refractivity contribution in [2.75, 3.05) is 7.11 Å². The van der Waals surface area contributed by atoms with Crippen molar-refractivity contribution in [2.45, 2.75) is 6.42 Å². The Bertz CT molecular complexity index is 658. The number of aromatic amines is 1. The average Bonchev–Trinajstić information content (AvgIpc) is 2.87. The molecular formula is C14H13N3O. The van der Waals surface area contributed by atoms with Crippen LogP contribution in [0.4, 0.5) is 0 Å². The van der Waals surface area contributed by atoms with Gasteiger partial charge in [0.05, 0.1) is 13.3 Å². The summed E-state index contributed by atoms with van der Waals surface area (Å²) in [5, 5.41) is 7.86. The van der Waals surface area contributed by atoms with Crippen molar-refractivity contribution < 1.29 is 4.74 Å². The molecule has 1 aromatic carbocycles. The number of fused-ring (bicyclic) bond motifs is 1. The van der Waals surface area contributed by atoms with Crippen LogP contribution in [0.25, 0.3) is 11.0 Å². The smallest absolute Gasteiger partial charge is 0.155 e. The van der Waals surface area contributed by atoms with E-state index in [1.54, 1.807) is 13.3 Å². The molecule has 0 unspecified atom stereocenters. The van der Waals surface area contributed by atoms with Crippen LogP contribution in [0.5, 0.6) is 5.75 Å². The zero-order chi connectivity index (χ0) is 12.4. The van der Waals surface area contributed by atoms with Crippen molar-refractivity contribution in [2.24, 2.45) is 0 Å². The van der Waals surface area contributed by atoms with E-state index in [4.69, 9.17) is 4.74 Å². The number of rotatable bonds is 3. The summed E-state index contributed by atoms with van der Waals surface area (Å²) in [6.07, 6.45) is 4.53. The lowest BCUT2D eigenvalue weighted by Gasteiger charge is -2.03. The highest BCUT2D eigenvalue weighted by molar-refractivity contribution is 5.74. The average molecular weight is 239 g/mol. The molecule has 0 radical (unpaired) electrons. The topological polar surface area (TPSA) is 50.8 Å². The molecule has 90 valence electrons. The van der Waals surface area contributed by atoms with Gasteiger partial charge in [0.15, 0.2) is 5.65 Å². The minimum Gasteiger partial charge on any atom is -0.497 e. The van der Waals surface area contributed by atoms with Crippen molar-refractivity contribution in [3.8, 4) is 5.75 Å². The van der Waals surface area contributed by atoms with Crippen LogP contribution in [0.2, 0.25) is 0 Å². The molecule has 2 heterocycles. The number of nitrogens with one attached hydrogen (secondary N) is 1. The molecule has 0 bridgehead atoms. The van der Waals surface area contributed by atoms with Crippen LogP contribution < -0.4 is 4.74 Å². The van der Waals surface area contributed by atoms with Gasteiger partial charge < -0.3 is 4.74 Å². The van der Waals surface area contributed by atoms with E-state index in [0.29, 0.717) is 0 Å². The number of H-pyrrole nitrogens is 1. The van der Waals surface area contributed by atoms with E-state index in [-0.39, 0.29) is 0 Å². The summed E-state index contributed by atoms with van der Waals surface area (Å²) in [6, 6.07) is 10.2. The number of hydrogen-bond acceptors (Lipinski definition) is 3. The van der Waals surface area contributed by atoms with E-state index < -0.39 is 0 Å². The fraction of sp³-hybridized carbons (Fsp3) is 0.143. The normalized spacial score (nSPS) is 10.7. The highest BCUT2D eigenvalue weighted by atomic mass is 16.5. The van der Waals surface area contributed by atoms with Crippen LogP contribution in [0.3, 0.4) is 0 Å². The van der Waals surface area contributed by atoms with Gasteiger partial charge in [0.1, 0.15) is 5.75 Å². The second kappa shape index (κ2) is 4.49. The van der Waals surface area contributed by atoms with Gasteiger partial charge in [-0.1, -0.05) is 12.1 Å². The lowest BCUT2D eigenvalue weighted by molar-refractivity contribution is 0.414. The lowest BCUT2D eigenvalue weighted by Crippen LogP contribution is -1.90. The third kappa shape index (κ3) is 2.05. The van der Waals surface area contributed by atoms with Crippen LogP contribution in [-0.4, -0.2) is 22.3 Å². The molecule has 3 rings (SSSR count). The van der Waals surface area contributed by atoms with Gasteiger partial charge in [-0.25, -0.2) is 4.98 Å². The molecule has 0 aliphatic carbocycles. The molecule has 0 atom stereocenters. The summed E-state index contributed by atoms with van der Waals surface area (Å²) >= 11 is 0. The number of ether oxygens (including phenoxy) is 1. The Hall–Kier alpha value is -2.36. The van der Waals surface area contributed by atoms with E-state index in [1.807, 2.05) is 18.3 Å². The molecule has 0 aliphatic heterocycles. The summed E-state index contributed by atoms with van der Waals surface area (Å²) in [5.41, 5.74) is 3.24. The Labute approximate surface area is 105 Å². The van der Waals surface area contributed by atoms with Crippen molar-refractivity contribution in [1.82, 2.24) is 15.2 Å². The zero-order valence-electron chi connectivity index (χ0n) is 10.1. The number of aromatic nitrogens is 3. The molecule has 0 spiro atoms. The Balaban J connectivity index is 1.85. The molecule has 0 aliphatic rings. The Morgan fingerprint density at radius 1 is 1.11 bits per heavy atom. The Morgan fingerprint density at radius 2 is 1.94 bits per heavy atom. The number of methoxy groups -OCH3 is 1. The molecule has 3 aromatic rings. The maximum atomic E-state index is 5.14. The summed E-state index contributed by atoms with van der Waals surface area (Å²) in [6.45, 7) is 0. The van der Waals surface area contributed by atoms with Gasteiger partial charge in [0.25, 0.3) is 0 Å². The highest BCUT2D eigenvalue weighted by Gasteiger charge is 2.01. The van der Waals surface area contributed by atoms with Gasteiger partial charge in [0.2, 0.25) is 0 Å². The summed E-state index contributed by atoms with van der Waals surface area (Å²) in [7, 11) is 1.67. The predicted octanol–water partition coefficient (Wildman–Crippen LogP) is 2.56. The quantitative estimate of drug-likeness (QED) is 0.764. The first-order chi connectivity index (χ1) is 8.85. The van der Waals surface area contributed by atoms with Crippen LogP contribution >= 0.6 is 0 Å². The standard InChI is InChI=1S/C14H13N3O/c1-18-13-4-2-10(3-5-13)6-11-7-12-9-16-17-14(12)15-8-11/h2-5,7-9H,6H2,1H3,(H,15,16,17). The van der Waals surface area contributed by atoms with Gasteiger partial charge in [0, 0.05) is 11.6 Å². The minimum atomic E-state index is 0.827. The van der Waals surface area contributed by atoms with Crippen LogP contribution in [-0.2, 0) is 6.42 Å². The van der Waals surface area contributed by atoms with E-state index in [2.05, 4.69) is 33.4 Å². The first-order valence-electron chi connectivity index (χ1n) is 5.76. The minimum absolute atomic E-state index is 0.827. The Kier molecular flexibility index (Phi) is 2.68. The monoisotopic (exact) mass is 239 g/mol. The fourth-order valence-corrected chi connectivity index (χ4v) is 1.96. The van der Waals surface area contributed by atoms with E-state index in [9.17, 15) is 0 Å². The van der Waals surface area contributed by atoms with E-state index in [0.717, 1.165) is 23.2 Å². The molecular weight excluding hydrogens is 226 g/mol. The van der Waals surface area contributed by atoms with Crippen molar-refractivity contribution in [3.05, 3.63) is 53.9 Å². The molecule has 0 saturated heterocycles. The first kappa shape index (κ1) is 10.8. The second-order valence-corrected chi connectivity index (χ2v) is 4.18. The molecule has 4 heteroatoms. The number of hydrogen-bond donors (Lipinski definition) is 1. The zero-order valence-corrected chi connectivity index (χ0v) is 10.1. The molecule has 0 amide bonds. The van der Waals surface area contributed by atoms with Crippen molar-refractivity contribution in [3.63, 3.8) is 0 Å². The van der Waals surface area contributed by atoms with Gasteiger partial charge in [-0.3, -0.25) is 5.10 Å². The van der Waals surface area contributed by atoms with Crippen LogP contribution in [0, 0.1) is 0 Å². The van der Waals surface area contributed by atoms with Gasteiger partial charge in [-0.15, -0.1) is 0 Å². The second-order valence-electron chi connectivity index (χ2n) is 4.18. The third-order valence-corrected chi connectivity index (χ3v) is 2.92. The summed E-state index contributed by atoms with van der Waals surface area (Å²) in [4.78, 5) is 4.33. The van der Waals surface area contributed by atoms with Crippen LogP contribution in [0.15, 0.2) is 42.7 Å². The van der Waals surface area contributed by atoms with Crippen LogP contribution in [0.1, 0.15) is 11.1 Å². The fourth-order valence-electron chi connectivity index (χ4n) is 1.96. The Morgan fingerprint density at radius 3 is 2.72 bits per heavy atom. The number of pyridine rings is 1. The maximum Gasteiger partial charge on any atom is 0.155 e. The summed E-state index contributed by atoms with van der Waals surface area (Å²) in [5.74, 6) is 0.877. The molecule has 2 aromatic heterocycles.